The Hall–Kier alpha value is -3.33. The normalized spacial score (nSPS) is 36.3. The molecule has 0 amide bonds. The number of halogens is 2. The van der Waals surface area contributed by atoms with Gasteiger partial charge in [0.25, 0.3) is 0 Å². The van der Waals surface area contributed by atoms with E-state index in [9.17, 15) is 14.0 Å². The van der Waals surface area contributed by atoms with Gasteiger partial charge in [0.15, 0.2) is 11.5 Å². The minimum atomic E-state index is -0.625. The molecule has 0 saturated heterocycles. The first-order chi connectivity index (χ1) is 27.3. The molecule has 7 rings (SSSR count). The predicted octanol–water partition coefficient (Wildman–Crippen LogP) is 12.1. The van der Waals surface area contributed by atoms with Gasteiger partial charge in [-0.25, -0.2) is 9.18 Å². The molecular weight excluding hydrogens is 799 g/mol. The van der Waals surface area contributed by atoms with E-state index >= 15 is 0 Å². The molecule has 316 valence electrons. The second-order valence-corrected chi connectivity index (χ2v) is 21.1. The Bertz CT molecular complexity index is 1980. The maximum atomic E-state index is 14.6. The third kappa shape index (κ3) is 6.91. The molecular formula is C49H64BrFO7. The van der Waals surface area contributed by atoms with E-state index in [0.29, 0.717) is 45.0 Å². The van der Waals surface area contributed by atoms with E-state index in [1.807, 2.05) is 12.1 Å². The van der Waals surface area contributed by atoms with Crippen LogP contribution in [0.25, 0.3) is 6.08 Å². The maximum absolute atomic E-state index is 14.6. The fourth-order valence-corrected chi connectivity index (χ4v) is 13.6. The summed E-state index contributed by atoms with van der Waals surface area (Å²) < 4.78 is 44.0. The van der Waals surface area contributed by atoms with Gasteiger partial charge in [0.05, 0.1) is 26.7 Å². The summed E-state index contributed by atoms with van der Waals surface area (Å²) in [5, 5.41) is 0. The number of esters is 2. The molecule has 0 heterocycles. The molecule has 2 aromatic rings. The van der Waals surface area contributed by atoms with Crippen molar-refractivity contribution in [1.29, 1.82) is 0 Å². The Morgan fingerprint density at radius 3 is 2.19 bits per heavy atom. The van der Waals surface area contributed by atoms with Crippen LogP contribution in [0.15, 0.2) is 52.5 Å². The van der Waals surface area contributed by atoms with Crippen LogP contribution in [0.1, 0.15) is 124 Å². The Morgan fingerprint density at radius 1 is 0.845 bits per heavy atom. The number of allylic oxidation sites excluding steroid dienone is 2. The summed E-state index contributed by atoms with van der Waals surface area (Å²) in [5.74, 6) is 1.82. The summed E-state index contributed by atoms with van der Waals surface area (Å²) in [4.78, 5) is 27.3. The quantitative estimate of drug-likeness (QED) is 0.141. The highest BCUT2D eigenvalue weighted by Crippen LogP contribution is 2.76. The van der Waals surface area contributed by atoms with E-state index in [1.54, 1.807) is 45.1 Å². The maximum Gasteiger partial charge on any atom is 0.331 e. The average Bonchev–Trinajstić information content (AvgIpc) is 3.18. The highest BCUT2D eigenvalue weighted by molar-refractivity contribution is 9.10. The van der Waals surface area contributed by atoms with Gasteiger partial charge in [-0.15, -0.1) is 0 Å². The lowest BCUT2D eigenvalue weighted by molar-refractivity contribution is -0.211. The van der Waals surface area contributed by atoms with Crippen molar-refractivity contribution in [3.8, 4) is 17.2 Å². The SMILES string of the molecule is COc1cc(/C=C/C(=O)O[C@H]2CC[C@]3(C)[C@H]4CC=C5[C@@H]6C[C@@](C)(C(=O)OCc7ccc(Br)cc7F)CC[C@]6(C)CC[C@@]5(C)[C@]4(C)CC[C@H]3C2(C)C)cc(OC)c1OC. The van der Waals surface area contributed by atoms with E-state index in [2.05, 4.69) is 70.5 Å². The van der Waals surface area contributed by atoms with Gasteiger partial charge >= 0.3 is 11.9 Å². The molecule has 4 saturated carbocycles. The summed E-state index contributed by atoms with van der Waals surface area (Å²) >= 11 is 3.32. The molecule has 0 unspecified atom stereocenters. The Balaban J connectivity index is 1.08. The zero-order chi connectivity index (χ0) is 42.1. The zero-order valence-electron chi connectivity index (χ0n) is 36.3. The number of fused-ring (bicyclic) bond motifs is 7. The molecule has 0 aliphatic heterocycles. The van der Waals surface area contributed by atoms with Crippen molar-refractivity contribution in [1.82, 2.24) is 0 Å². The minimum Gasteiger partial charge on any atom is -0.493 e. The first-order valence-electron chi connectivity index (χ1n) is 21.3. The van der Waals surface area contributed by atoms with E-state index in [4.69, 9.17) is 23.7 Å². The third-order valence-electron chi connectivity index (χ3n) is 17.0. The number of hydrogen-bond acceptors (Lipinski definition) is 7. The fourth-order valence-electron chi connectivity index (χ4n) is 13.2. The number of ether oxygens (including phenoxy) is 5. The van der Waals surface area contributed by atoms with Crippen LogP contribution in [0, 0.1) is 56.1 Å². The van der Waals surface area contributed by atoms with Crippen molar-refractivity contribution < 1.29 is 37.7 Å². The monoisotopic (exact) mass is 862 g/mol. The summed E-state index contributed by atoms with van der Waals surface area (Å²) in [7, 11) is 4.71. The molecule has 58 heavy (non-hydrogen) atoms. The van der Waals surface area contributed by atoms with Crippen molar-refractivity contribution in [2.24, 2.45) is 50.2 Å². The number of carbonyl (C=O) groups is 2. The summed E-state index contributed by atoms with van der Waals surface area (Å²) in [6.07, 6.45) is 15.6. The third-order valence-corrected chi connectivity index (χ3v) is 17.5. The number of methoxy groups -OCH3 is 3. The van der Waals surface area contributed by atoms with Gasteiger partial charge in [0.1, 0.15) is 18.5 Å². The average molecular weight is 864 g/mol. The largest absolute Gasteiger partial charge is 0.493 e. The lowest BCUT2D eigenvalue weighted by Gasteiger charge is -2.71. The van der Waals surface area contributed by atoms with Crippen LogP contribution >= 0.6 is 15.9 Å². The van der Waals surface area contributed by atoms with E-state index in [-0.39, 0.29) is 57.5 Å². The van der Waals surface area contributed by atoms with Crippen LogP contribution in [-0.4, -0.2) is 39.4 Å². The van der Waals surface area contributed by atoms with Crippen LogP contribution in [0.4, 0.5) is 4.39 Å². The molecule has 5 aliphatic rings. The van der Waals surface area contributed by atoms with Crippen molar-refractivity contribution in [3.05, 3.63) is 69.5 Å². The molecule has 0 spiro atoms. The molecule has 0 bridgehead atoms. The Kier molecular flexibility index (Phi) is 11.3. The number of hydrogen-bond donors (Lipinski definition) is 0. The van der Waals surface area contributed by atoms with Crippen LogP contribution < -0.4 is 14.2 Å². The van der Waals surface area contributed by atoms with E-state index in [0.717, 1.165) is 69.8 Å². The van der Waals surface area contributed by atoms with Gasteiger partial charge in [0.2, 0.25) is 5.75 Å². The van der Waals surface area contributed by atoms with Gasteiger partial charge in [-0.2, -0.15) is 0 Å². The number of carbonyl (C=O) groups excluding carboxylic acids is 2. The zero-order valence-corrected chi connectivity index (χ0v) is 37.9. The van der Waals surface area contributed by atoms with Crippen LogP contribution in [0.3, 0.4) is 0 Å². The van der Waals surface area contributed by atoms with Crippen molar-refractivity contribution in [3.63, 3.8) is 0 Å². The minimum absolute atomic E-state index is 0.0157. The van der Waals surface area contributed by atoms with Crippen molar-refractivity contribution >= 4 is 33.9 Å². The molecule has 5 aliphatic carbocycles. The van der Waals surface area contributed by atoms with Crippen molar-refractivity contribution in [2.75, 3.05) is 21.3 Å². The molecule has 7 nitrogen and oxygen atoms in total. The molecule has 2 aromatic carbocycles. The topological polar surface area (TPSA) is 80.3 Å². The number of benzene rings is 2. The van der Waals surface area contributed by atoms with Crippen LogP contribution in [0.2, 0.25) is 0 Å². The Labute approximate surface area is 354 Å². The molecule has 0 N–H and O–H groups in total. The van der Waals surface area contributed by atoms with Gasteiger partial charge in [0, 0.05) is 21.5 Å². The molecule has 4 fully saturated rings. The molecule has 0 radical (unpaired) electrons. The van der Waals surface area contributed by atoms with E-state index in [1.165, 1.54) is 12.1 Å². The smallest absolute Gasteiger partial charge is 0.331 e. The second-order valence-electron chi connectivity index (χ2n) is 20.2. The first kappa shape index (κ1) is 42.8. The lowest BCUT2D eigenvalue weighted by atomic mass is 9.33. The van der Waals surface area contributed by atoms with Gasteiger partial charge in [-0.3, -0.25) is 4.79 Å². The second kappa shape index (κ2) is 15.3. The summed E-state index contributed by atoms with van der Waals surface area (Å²) in [6.45, 7) is 16.8. The molecule has 9 heteroatoms. The van der Waals surface area contributed by atoms with Crippen molar-refractivity contribution in [2.45, 2.75) is 125 Å². The van der Waals surface area contributed by atoms with Gasteiger partial charge < -0.3 is 23.7 Å². The predicted molar refractivity (Wildman–Crippen MR) is 228 cm³/mol. The summed E-state index contributed by atoms with van der Waals surface area (Å²) in [5.41, 5.74) is 2.22. The van der Waals surface area contributed by atoms with Gasteiger partial charge in [-0.1, -0.05) is 75.2 Å². The highest BCUT2D eigenvalue weighted by Gasteiger charge is 2.68. The highest BCUT2D eigenvalue weighted by atomic mass is 79.9. The fraction of sp³-hybridized carbons (Fsp3) is 0.633. The van der Waals surface area contributed by atoms with E-state index < -0.39 is 5.41 Å². The summed E-state index contributed by atoms with van der Waals surface area (Å²) in [6, 6.07) is 8.50. The first-order valence-corrected chi connectivity index (χ1v) is 22.1. The van der Waals surface area contributed by atoms with Gasteiger partial charge in [-0.05, 0) is 146 Å². The van der Waals surface area contributed by atoms with Crippen LogP contribution in [-0.2, 0) is 25.7 Å². The molecule has 9 atom stereocenters. The number of rotatable bonds is 9. The Morgan fingerprint density at radius 2 is 1.53 bits per heavy atom. The van der Waals surface area contributed by atoms with Crippen LogP contribution in [0.5, 0.6) is 17.2 Å². The standard InChI is InChI=1S/C49H64BrFO7/c1-44(2)38-17-20-49(7)39(47(38,5)19-18-40(44)58-41(52)16-11-30-25-36(54-8)42(56-10)37(26-30)55-9)15-14-33-34-28-46(4,22-21-45(34,3)23-24-48(33,49)6)43(53)57-29-31-12-13-32(50)27-35(31)51/h11-14,16,25-27,34,38-40H,15,17-24,28-29H2,1-10H3/b16-11+/t34-,38-,39+,40-,45+,46-,47-,48+,49+/m0/s1. The molecule has 0 aromatic heterocycles. The lowest BCUT2D eigenvalue weighted by Crippen LogP contribution is -2.64.